The molecule has 0 radical (unpaired) electrons. The first-order valence-corrected chi connectivity index (χ1v) is 11.5. The number of carbonyl (C=O) groups is 1. The van der Waals surface area contributed by atoms with Crippen molar-refractivity contribution in [3.05, 3.63) is 63.9 Å². The Bertz CT molecular complexity index is 992. The molecule has 2 aromatic carbocycles. The van der Waals surface area contributed by atoms with E-state index in [1.54, 1.807) is 17.8 Å². The van der Waals surface area contributed by atoms with Crippen LogP contribution in [0.15, 0.2) is 42.5 Å². The zero-order chi connectivity index (χ0) is 20.4. The van der Waals surface area contributed by atoms with Crippen molar-refractivity contribution < 1.29 is 4.79 Å². The summed E-state index contributed by atoms with van der Waals surface area (Å²) in [5.41, 5.74) is 2.85. The molecule has 152 valence electrons. The van der Waals surface area contributed by atoms with Gasteiger partial charge in [-0.1, -0.05) is 41.4 Å². The van der Waals surface area contributed by atoms with Crippen molar-refractivity contribution in [2.24, 2.45) is 0 Å². The van der Waals surface area contributed by atoms with Gasteiger partial charge in [0.1, 0.15) is 5.82 Å². The SMILES string of the molecule is CSC1CC(C(=O)NCc2nc3ccccc3[nH]2)N(Cc2ccc(Cl)cc2Cl)C1. The number of carbonyl (C=O) groups excluding carboxylic acids is 1. The van der Waals surface area contributed by atoms with Gasteiger partial charge in [-0.25, -0.2) is 4.98 Å². The van der Waals surface area contributed by atoms with Crippen LogP contribution in [0.5, 0.6) is 0 Å². The highest BCUT2D eigenvalue weighted by molar-refractivity contribution is 7.99. The quantitative estimate of drug-likeness (QED) is 0.582. The van der Waals surface area contributed by atoms with Gasteiger partial charge < -0.3 is 10.3 Å². The largest absolute Gasteiger partial charge is 0.348 e. The molecule has 1 aliphatic heterocycles. The predicted molar refractivity (Wildman–Crippen MR) is 121 cm³/mol. The number of halogens is 2. The Hall–Kier alpha value is -1.73. The average molecular weight is 449 g/mol. The molecule has 0 bridgehead atoms. The number of aromatic amines is 1. The van der Waals surface area contributed by atoms with Gasteiger partial charge >= 0.3 is 0 Å². The Morgan fingerprint density at radius 1 is 1.31 bits per heavy atom. The second kappa shape index (κ2) is 8.96. The summed E-state index contributed by atoms with van der Waals surface area (Å²) in [5.74, 6) is 0.776. The van der Waals surface area contributed by atoms with Crippen LogP contribution in [-0.2, 0) is 17.9 Å². The highest BCUT2D eigenvalue weighted by atomic mass is 35.5. The van der Waals surface area contributed by atoms with Gasteiger partial charge in [0.15, 0.2) is 0 Å². The van der Waals surface area contributed by atoms with E-state index < -0.39 is 0 Å². The maximum Gasteiger partial charge on any atom is 0.237 e. The molecule has 5 nitrogen and oxygen atoms in total. The van der Waals surface area contributed by atoms with Crippen LogP contribution >= 0.6 is 35.0 Å². The molecule has 1 aliphatic rings. The van der Waals surface area contributed by atoms with Gasteiger partial charge in [-0.05, 0) is 42.5 Å². The van der Waals surface area contributed by atoms with Crippen molar-refractivity contribution in [1.82, 2.24) is 20.2 Å². The summed E-state index contributed by atoms with van der Waals surface area (Å²) >= 11 is 14.2. The number of nitrogens with zero attached hydrogens (tertiary/aromatic N) is 2. The molecule has 1 fully saturated rings. The van der Waals surface area contributed by atoms with E-state index in [2.05, 4.69) is 26.4 Å². The normalized spacial score (nSPS) is 19.7. The highest BCUT2D eigenvalue weighted by Crippen LogP contribution is 2.30. The molecule has 1 saturated heterocycles. The number of amides is 1. The standard InChI is InChI=1S/C21H22Cl2N4OS/c1-29-15-9-19(27(12-15)11-13-6-7-14(22)8-16(13)23)21(28)24-10-20-25-17-4-2-3-5-18(17)26-20/h2-8,15,19H,9-12H2,1H3,(H,24,28)(H,25,26). The highest BCUT2D eigenvalue weighted by Gasteiger charge is 2.36. The summed E-state index contributed by atoms with van der Waals surface area (Å²) in [6.45, 7) is 1.85. The molecule has 2 atom stereocenters. The molecule has 4 rings (SSSR count). The smallest absolute Gasteiger partial charge is 0.237 e. The van der Waals surface area contributed by atoms with E-state index >= 15 is 0 Å². The van der Waals surface area contributed by atoms with Crippen LogP contribution in [0.25, 0.3) is 11.0 Å². The summed E-state index contributed by atoms with van der Waals surface area (Å²) in [4.78, 5) is 23.0. The number of H-pyrrole nitrogens is 1. The molecule has 0 aliphatic carbocycles. The molecule has 2 unspecified atom stereocenters. The lowest BCUT2D eigenvalue weighted by atomic mass is 10.1. The van der Waals surface area contributed by atoms with Crippen molar-refractivity contribution >= 4 is 51.9 Å². The number of fused-ring (bicyclic) bond motifs is 1. The predicted octanol–water partition coefficient (Wildman–Crippen LogP) is 4.49. The van der Waals surface area contributed by atoms with Crippen LogP contribution in [0.4, 0.5) is 0 Å². The molecule has 1 amide bonds. The van der Waals surface area contributed by atoms with Crippen molar-refractivity contribution in [2.75, 3.05) is 12.8 Å². The molecule has 0 saturated carbocycles. The third-order valence-corrected chi connectivity index (χ3v) is 6.85. The Labute approximate surface area is 184 Å². The maximum atomic E-state index is 13.0. The second-order valence-electron chi connectivity index (χ2n) is 7.19. The lowest BCUT2D eigenvalue weighted by Crippen LogP contribution is -2.42. The Kier molecular flexibility index (Phi) is 6.35. The number of thioether (sulfide) groups is 1. The number of imidazole rings is 1. The van der Waals surface area contributed by atoms with Crippen LogP contribution in [0.2, 0.25) is 10.0 Å². The summed E-state index contributed by atoms with van der Waals surface area (Å²) < 4.78 is 0. The second-order valence-corrected chi connectivity index (χ2v) is 9.17. The average Bonchev–Trinajstić information content (AvgIpc) is 3.31. The van der Waals surface area contributed by atoms with Crippen molar-refractivity contribution in [1.29, 1.82) is 0 Å². The third-order valence-electron chi connectivity index (χ3n) is 5.26. The van der Waals surface area contributed by atoms with E-state index in [1.165, 1.54) is 0 Å². The zero-order valence-corrected chi connectivity index (χ0v) is 18.3. The minimum Gasteiger partial charge on any atom is -0.348 e. The monoisotopic (exact) mass is 448 g/mol. The van der Waals surface area contributed by atoms with Gasteiger partial charge in [-0.15, -0.1) is 0 Å². The third kappa shape index (κ3) is 4.72. The van der Waals surface area contributed by atoms with Crippen molar-refractivity contribution in [3.63, 3.8) is 0 Å². The van der Waals surface area contributed by atoms with E-state index in [9.17, 15) is 4.79 Å². The number of nitrogens with one attached hydrogen (secondary N) is 2. The molecule has 1 aromatic heterocycles. The minimum absolute atomic E-state index is 0.0205. The number of para-hydroxylation sites is 2. The van der Waals surface area contributed by atoms with Crippen LogP contribution in [0.3, 0.4) is 0 Å². The zero-order valence-electron chi connectivity index (χ0n) is 16.0. The fourth-order valence-electron chi connectivity index (χ4n) is 3.73. The van der Waals surface area contributed by atoms with Crippen LogP contribution in [0.1, 0.15) is 17.8 Å². The molecule has 29 heavy (non-hydrogen) atoms. The summed E-state index contributed by atoms with van der Waals surface area (Å²) in [5, 5.41) is 4.71. The summed E-state index contributed by atoms with van der Waals surface area (Å²) in [6.07, 6.45) is 2.91. The van der Waals surface area contributed by atoms with Gasteiger partial charge in [0.05, 0.1) is 23.6 Å². The number of likely N-dealkylation sites (tertiary alicyclic amines) is 1. The van der Waals surface area contributed by atoms with Crippen molar-refractivity contribution in [2.45, 2.75) is 30.8 Å². The Morgan fingerprint density at radius 3 is 2.90 bits per heavy atom. The van der Waals surface area contributed by atoms with Gasteiger partial charge in [-0.3, -0.25) is 9.69 Å². The fourth-order valence-corrected chi connectivity index (χ4v) is 4.91. The molecular formula is C21H22Cl2N4OS. The number of hydrogen-bond donors (Lipinski definition) is 2. The summed E-state index contributed by atoms with van der Waals surface area (Å²) in [7, 11) is 0. The van der Waals surface area contributed by atoms with Gasteiger partial charge in [-0.2, -0.15) is 11.8 Å². The van der Waals surface area contributed by atoms with Crippen molar-refractivity contribution in [3.8, 4) is 0 Å². The maximum absolute atomic E-state index is 13.0. The van der Waals surface area contributed by atoms with E-state index in [0.29, 0.717) is 28.4 Å². The Morgan fingerprint density at radius 2 is 2.14 bits per heavy atom. The van der Waals surface area contributed by atoms with Crippen LogP contribution in [0, 0.1) is 0 Å². The Balaban J connectivity index is 1.44. The first kappa shape index (κ1) is 20.5. The molecular weight excluding hydrogens is 427 g/mol. The number of hydrogen-bond acceptors (Lipinski definition) is 4. The summed E-state index contributed by atoms with van der Waals surface area (Å²) in [6, 6.07) is 13.2. The molecule has 3 aromatic rings. The van der Waals surface area contributed by atoms with Gasteiger partial charge in [0.25, 0.3) is 0 Å². The first-order valence-electron chi connectivity index (χ1n) is 9.45. The van der Waals surface area contributed by atoms with Gasteiger partial charge in [0.2, 0.25) is 5.91 Å². The molecule has 2 heterocycles. The van der Waals surface area contributed by atoms with Crippen LogP contribution in [-0.4, -0.2) is 44.9 Å². The molecule has 2 N–H and O–H groups in total. The van der Waals surface area contributed by atoms with E-state index in [1.807, 2.05) is 36.4 Å². The first-order chi connectivity index (χ1) is 14.0. The number of rotatable bonds is 6. The van der Waals surface area contributed by atoms with E-state index in [0.717, 1.165) is 35.4 Å². The minimum atomic E-state index is -0.191. The number of benzene rings is 2. The topological polar surface area (TPSA) is 61.0 Å². The van der Waals surface area contributed by atoms with E-state index in [-0.39, 0.29) is 11.9 Å². The lowest BCUT2D eigenvalue weighted by Gasteiger charge is -2.24. The van der Waals surface area contributed by atoms with Gasteiger partial charge in [0, 0.05) is 28.4 Å². The van der Waals surface area contributed by atoms with Crippen LogP contribution < -0.4 is 5.32 Å². The molecule has 8 heteroatoms. The van der Waals surface area contributed by atoms with E-state index in [4.69, 9.17) is 23.2 Å². The fraction of sp³-hybridized carbons (Fsp3) is 0.333. The number of aromatic nitrogens is 2. The molecule has 0 spiro atoms. The lowest BCUT2D eigenvalue weighted by molar-refractivity contribution is -0.125.